The van der Waals surface area contributed by atoms with E-state index in [9.17, 15) is 22.2 Å². The molecule has 18 heavy (non-hydrogen) atoms. The van der Waals surface area contributed by atoms with Crippen LogP contribution in [-0.2, 0) is 20.1 Å². The number of aliphatic carboxylic acids is 1. The van der Waals surface area contributed by atoms with Gasteiger partial charge in [-0.25, -0.2) is 9.00 Å². The first-order chi connectivity index (χ1) is 8.21. The van der Waals surface area contributed by atoms with Crippen LogP contribution in [0.5, 0.6) is 0 Å². The lowest BCUT2D eigenvalue weighted by Crippen LogP contribution is -2.46. The summed E-state index contributed by atoms with van der Waals surface area (Å²) in [6, 6.07) is 0. The van der Waals surface area contributed by atoms with Crippen molar-refractivity contribution in [1.82, 2.24) is 0 Å². The summed E-state index contributed by atoms with van der Waals surface area (Å²) in [5.74, 6) is -1.46. The van der Waals surface area contributed by atoms with Crippen LogP contribution in [0.15, 0.2) is 0 Å². The summed E-state index contributed by atoms with van der Waals surface area (Å²) in [6.45, 7) is 1.42. The molecule has 1 saturated carbocycles. The lowest BCUT2D eigenvalue weighted by atomic mass is 9.76. The third-order valence-corrected chi connectivity index (χ3v) is 4.08. The van der Waals surface area contributed by atoms with Gasteiger partial charge in [-0.15, -0.1) is 0 Å². The Balaban J connectivity index is 2.82. The maximum Gasteiger partial charge on any atom is 0.497 e. The van der Waals surface area contributed by atoms with Crippen molar-refractivity contribution in [2.24, 2.45) is 5.92 Å². The van der Waals surface area contributed by atoms with E-state index in [1.165, 1.54) is 6.92 Å². The minimum Gasteiger partial charge on any atom is -0.479 e. The Labute approximate surface area is 105 Å². The maximum atomic E-state index is 12.2. The van der Waals surface area contributed by atoms with Crippen molar-refractivity contribution in [3.05, 3.63) is 0 Å². The highest BCUT2D eigenvalue weighted by atomic mass is 32.2. The first-order valence-electron chi connectivity index (χ1n) is 5.63. The summed E-state index contributed by atoms with van der Waals surface area (Å²) in [7, 11) is 0. The van der Waals surface area contributed by atoms with Crippen molar-refractivity contribution in [1.29, 1.82) is 0 Å². The van der Waals surface area contributed by atoms with Crippen molar-refractivity contribution in [2.75, 3.05) is 0 Å². The Hall–Kier alpha value is -0.630. The predicted octanol–water partition coefficient (Wildman–Crippen LogP) is 2.61. The van der Waals surface area contributed by atoms with E-state index >= 15 is 0 Å². The Morgan fingerprint density at radius 2 is 2.00 bits per heavy atom. The Morgan fingerprint density at radius 1 is 1.44 bits per heavy atom. The fourth-order valence-corrected chi connectivity index (χ4v) is 2.51. The van der Waals surface area contributed by atoms with Crippen molar-refractivity contribution in [3.8, 4) is 0 Å². The van der Waals surface area contributed by atoms with Gasteiger partial charge < -0.3 is 5.11 Å². The Bertz CT molecular complexity index is 341. The number of carboxylic acid groups (broad SMARTS) is 1. The van der Waals surface area contributed by atoms with Crippen molar-refractivity contribution in [3.63, 3.8) is 0 Å². The van der Waals surface area contributed by atoms with E-state index in [2.05, 4.69) is 4.18 Å². The Morgan fingerprint density at radius 3 is 2.28 bits per heavy atom. The second-order valence-corrected chi connectivity index (χ2v) is 5.52. The molecule has 0 bridgehead atoms. The van der Waals surface area contributed by atoms with Crippen LogP contribution in [0.3, 0.4) is 0 Å². The number of carbonyl (C=O) groups is 1. The standard InChI is InChI=1S/C10H15F3O4S/c1-2-9(8(14)15,6-7-4-3-5-7)17-18(16)10(11,12)13/h7H,2-6H2,1H3,(H,14,15). The zero-order chi connectivity index (χ0) is 14.0. The fourth-order valence-electron chi connectivity index (χ4n) is 1.87. The zero-order valence-electron chi connectivity index (χ0n) is 9.83. The summed E-state index contributed by atoms with van der Waals surface area (Å²) >= 11 is -3.60. The monoisotopic (exact) mass is 288 g/mol. The number of hydrogen-bond donors (Lipinski definition) is 1. The molecule has 0 aromatic carbocycles. The van der Waals surface area contributed by atoms with Crippen molar-refractivity contribution in [2.45, 2.75) is 50.1 Å². The highest BCUT2D eigenvalue weighted by Crippen LogP contribution is 2.38. The molecule has 2 atom stereocenters. The molecule has 1 fully saturated rings. The molecule has 2 unspecified atom stereocenters. The second kappa shape index (κ2) is 5.56. The molecule has 0 amide bonds. The molecule has 1 N–H and O–H groups in total. The average molecular weight is 288 g/mol. The SMILES string of the molecule is CCC(CC1CCC1)(OS(=O)C(F)(F)F)C(=O)O. The molecular weight excluding hydrogens is 273 g/mol. The molecule has 1 rings (SSSR count). The fraction of sp³-hybridized carbons (Fsp3) is 0.900. The number of hydrogen-bond acceptors (Lipinski definition) is 3. The van der Waals surface area contributed by atoms with E-state index < -0.39 is 28.2 Å². The molecule has 0 aromatic heterocycles. The molecule has 0 spiro atoms. The van der Waals surface area contributed by atoms with Gasteiger partial charge in [-0.2, -0.15) is 13.2 Å². The van der Waals surface area contributed by atoms with Crippen molar-refractivity contribution < 1.29 is 31.5 Å². The summed E-state index contributed by atoms with van der Waals surface area (Å²) in [5, 5.41) is 9.08. The van der Waals surface area contributed by atoms with Crippen LogP contribution in [-0.4, -0.2) is 26.4 Å². The lowest BCUT2D eigenvalue weighted by Gasteiger charge is -2.35. The van der Waals surface area contributed by atoms with Crippen LogP contribution in [0.1, 0.15) is 39.0 Å². The average Bonchev–Trinajstić information content (AvgIpc) is 2.19. The van der Waals surface area contributed by atoms with Crippen LogP contribution in [0.2, 0.25) is 0 Å². The normalized spacial score (nSPS) is 22.0. The maximum absolute atomic E-state index is 12.2. The predicted molar refractivity (Wildman–Crippen MR) is 57.9 cm³/mol. The molecule has 8 heteroatoms. The van der Waals surface area contributed by atoms with Gasteiger partial charge in [0.1, 0.15) is 0 Å². The number of carboxylic acids is 1. The second-order valence-electron chi connectivity index (χ2n) is 4.42. The van der Waals surface area contributed by atoms with Gasteiger partial charge in [-0.1, -0.05) is 26.2 Å². The van der Waals surface area contributed by atoms with E-state index in [-0.39, 0.29) is 18.8 Å². The first kappa shape index (κ1) is 15.4. The summed E-state index contributed by atoms with van der Waals surface area (Å²) in [5.41, 5.74) is -7.07. The van der Waals surface area contributed by atoms with Crippen LogP contribution < -0.4 is 0 Å². The minimum absolute atomic E-state index is 0.0271. The van der Waals surface area contributed by atoms with Gasteiger partial charge >= 0.3 is 11.5 Å². The molecule has 0 saturated heterocycles. The van der Waals surface area contributed by atoms with Gasteiger partial charge in [0, 0.05) is 0 Å². The molecule has 106 valence electrons. The van der Waals surface area contributed by atoms with E-state index in [0.29, 0.717) is 0 Å². The molecular formula is C10H15F3O4S. The van der Waals surface area contributed by atoms with Gasteiger partial charge in [0.25, 0.3) is 11.1 Å². The summed E-state index contributed by atoms with van der Waals surface area (Å²) < 4.78 is 51.9. The molecule has 0 aliphatic heterocycles. The van der Waals surface area contributed by atoms with Gasteiger partial charge in [-0.05, 0) is 18.8 Å². The molecule has 0 radical (unpaired) electrons. The zero-order valence-corrected chi connectivity index (χ0v) is 10.6. The van der Waals surface area contributed by atoms with Crippen LogP contribution >= 0.6 is 0 Å². The highest BCUT2D eigenvalue weighted by molar-refractivity contribution is 7.81. The minimum atomic E-state index is -5.06. The van der Waals surface area contributed by atoms with Gasteiger partial charge in [0.2, 0.25) is 0 Å². The molecule has 1 aliphatic carbocycles. The topological polar surface area (TPSA) is 63.6 Å². The largest absolute Gasteiger partial charge is 0.497 e. The first-order valence-corrected chi connectivity index (χ1v) is 6.70. The third kappa shape index (κ3) is 3.44. The van der Waals surface area contributed by atoms with Crippen molar-refractivity contribution >= 4 is 17.0 Å². The quantitative estimate of drug-likeness (QED) is 0.816. The van der Waals surface area contributed by atoms with Gasteiger partial charge in [-0.3, -0.25) is 4.18 Å². The van der Waals surface area contributed by atoms with Crippen LogP contribution in [0.4, 0.5) is 13.2 Å². The van der Waals surface area contributed by atoms with E-state index in [0.717, 1.165) is 19.3 Å². The summed E-state index contributed by atoms with van der Waals surface area (Å²) in [6.07, 6.45) is 2.31. The van der Waals surface area contributed by atoms with E-state index in [1.54, 1.807) is 0 Å². The number of halogens is 3. The highest BCUT2D eigenvalue weighted by Gasteiger charge is 2.49. The van der Waals surface area contributed by atoms with Gasteiger partial charge in [0.05, 0.1) is 0 Å². The summed E-state index contributed by atoms with van der Waals surface area (Å²) in [4.78, 5) is 11.2. The molecule has 0 aromatic rings. The smallest absolute Gasteiger partial charge is 0.479 e. The Kier molecular flexibility index (Phi) is 4.77. The van der Waals surface area contributed by atoms with Crippen LogP contribution in [0, 0.1) is 5.92 Å². The van der Waals surface area contributed by atoms with Gasteiger partial charge in [0.15, 0.2) is 5.60 Å². The molecule has 0 heterocycles. The number of rotatable bonds is 6. The lowest BCUT2D eigenvalue weighted by molar-refractivity contribution is -0.158. The van der Waals surface area contributed by atoms with Crippen LogP contribution in [0.25, 0.3) is 0 Å². The molecule has 4 nitrogen and oxygen atoms in total. The number of alkyl halides is 3. The van der Waals surface area contributed by atoms with E-state index in [1.807, 2.05) is 0 Å². The van der Waals surface area contributed by atoms with E-state index in [4.69, 9.17) is 5.11 Å². The molecule has 1 aliphatic rings. The third-order valence-electron chi connectivity index (χ3n) is 3.23.